The summed E-state index contributed by atoms with van der Waals surface area (Å²) in [6.45, 7) is 1.91. The molecule has 90 valence electrons. The van der Waals surface area contributed by atoms with Gasteiger partial charge >= 0.3 is 0 Å². The molecule has 2 atom stereocenters. The number of hydrogen-bond donors (Lipinski definition) is 2. The summed E-state index contributed by atoms with van der Waals surface area (Å²) in [5.41, 5.74) is 2.96. The highest BCUT2D eigenvalue weighted by Crippen LogP contribution is 2.22. The number of benzene rings is 1. The standard InChI is InChI=1S/C11H16F2N2O/c1-3-10(16-2)11(15-14)7-4-8(12)6-9(13)5-7/h4-6,10-11,15H,3,14H2,1-2H3. The Hall–Kier alpha value is -1.04. The van der Waals surface area contributed by atoms with E-state index >= 15 is 0 Å². The van der Waals surface area contributed by atoms with Gasteiger partial charge < -0.3 is 4.74 Å². The summed E-state index contributed by atoms with van der Waals surface area (Å²) in [5.74, 6) is 4.13. The zero-order chi connectivity index (χ0) is 12.1. The molecule has 0 aliphatic rings. The molecule has 0 aromatic heterocycles. The topological polar surface area (TPSA) is 47.3 Å². The second kappa shape index (κ2) is 5.89. The Morgan fingerprint density at radius 3 is 2.25 bits per heavy atom. The van der Waals surface area contributed by atoms with Gasteiger partial charge in [0.2, 0.25) is 0 Å². The maximum Gasteiger partial charge on any atom is 0.126 e. The molecule has 1 aromatic carbocycles. The minimum Gasteiger partial charge on any atom is -0.379 e. The number of nitrogens with one attached hydrogen (secondary N) is 1. The van der Waals surface area contributed by atoms with Gasteiger partial charge in [0, 0.05) is 13.2 Å². The smallest absolute Gasteiger partial charge is 0.126 e. The molecule has 0 aliphatic carbocycles. The number of hydrogen-bond acceptors (Lipinski definition) is 3. The Kier molecular flexibility index (Phi) is 4.79. The lowest BCUT2D eigenvalue weighted by atomic mass is 10.00. The molecule has 5 heteroatoms. The molecule has 0 amide bonds. The quantitative estimate of drug-likeness (QED) is 0.600. The van der Waals surface area contributed by atoms with Crippen molar-refractivity contribution >= 4 is 0 Å². The molecule has 3 nitrogen and oxygen atoms in total. The largest absolute Gasteiger partial charge is 0.379 e. The fourth-order valence-electron chi connectivity index (χ4n) is 1.71. The second-order valence-electron chi connectivity index (χ2n) is 3.53. The number of nitrogens with two attached hydrogens (primary N) is 1. The number of methoxy groups -OCH3 is 1. The third kappa shape index (κ3) is 2.98. The van der Waals surface area contributed by atoms with E-state index in [1.165, 1.54) is 19.2 Å². The first-order valence-electron chi connectivity index (χ1n) is 5.07. The zero-order valence-electron chi connectivity index (χ0n) is 9.34. The van der Waals surface area contributed by atoms with E-state index in [0.29, 0.717) is 12.0 Å². The summed E-state index contributed by atoms with van der Waals surface area (Å²) in [5, 5.41) is 0. The number of hydrazine groups is 1. The Labute approximate surface area is 93.6 Å². The number of halogens is 2. The van der Waals surface area contributed by atoms with Crippen LogP contribution in [0.3, 0.4) is 0 Å². The molecule has 0 saturated heterocycles. The third-order valence-corrected chi connectivity index (χ3v) is 2.50. The van der Waals surface area contributed by atoms with Gasteiger partial charge in [-0.3, -0.25) is 11.3 Å². The lowest BCUT2D eigenvalue weighted by Crippen LogP contribution is -2.37. The van der Waals surface area contributed by atoms with Crippen LogP contribution in [0.4, 0.5) is 8.78 Å². The summed E-state index contributed by atoms with van der Waals surface area (Å²) in [6, 6.07) is 2.88. The third-order valence-electron chi connectivity index (χ3n) is 2.50. The molecular weight excluding hydrogens is 214 g/mol. The van der Waals surface area contributed by atoms with E-state index in [2.05, 4.69) is 5.43 Å². The van der Waals surface area contributed by atoms with Gasteiger partial charge in [-0.1, -0.05) is 6.92 Å². The van der Waals surface area contributed by atoms with Gasteiger partial charge in [-0.15, -0.1) is 0 Å². The molecule has 0 saturated carbocycles. The van der Waals surface area contributed by atoms with E-state index in [4.69, 9.17) is 10.6 Å². The first-order chi connectivity index (χ1) is 7.62. The first-order valence-corrected chi connectivity index (χ1v) is 5.07. The van der Waals surface area contributed by atoms with Gasteiger partial charge in [0.25, 0.3) is 0 Å². The molecular formula is C11H16F2N2O. The van der Waals surface area contributed by atoms with Crippen molar-refractivity contribution in [3.05, 3.63) is 35.4 Å². The maximum atomic E-state index is 13.0. The molecule has 0 spiro atoms. The molecule has 0 heterocycles. The average molecular weight is 230 g/mol. The summed E-state index contributed by atoms with van der Waals surface area (Å²) in [4.78, 5) is 0. The Morgan fingerprint density at radius 2 is 1.88 bits per heavy atom. The SMILES string of the molecule is CCC(OC)C(NN)c1cc(F)cc(F)c1. The molecule has 0 radical (unpaired) electrons. The lowest BCUT2D eigenvalue weighted by molar-refractivity contribution is 0.0649. The molecule has 1 rings (SSSR count). The number of rotatable bonds is 5. The van der Waals surface area contributed by atoms with Crippen LogP contribution in [0.2, 0.25) is 0 Å². The summed E-state index contributed by atoms with van der Waals surface area (Å²) in [7, 11) is 1.54. The molecule has 1 aromatic rings. The summed E-state index contributed by atoms with van der Waals surface area (Å²) in [6.07, 6.45) is 0.454. The van der Waals surface area contributed by atoms with Crippen LogP contribution in [-0.2, 0) is 4.74 Å². The molecule has 2 unspecified atom stereocenters. The van der Waals surface area contributed by atoms with Crippen LogP contribution >= 0.6 is 0 Å². The van der Waals surface area contributed by atoms with E-state index in [1.54, 1.807) is 0 Å². The molecule has 16 heavy (non-hydrogen) atoms. The van der Waals surface area contributed by atoms with Crippen molar-refractivity contribution in [3.63, 3.8) is 0 Å². The second-order valence-corrected chi connectivity index (χ2v) is 3.53. The van der Waals surface area contributed by atoms with Crippen LogP contribution in [0.25, 0.3) is 0 Å². The van der Waals surface area contributed by atoms with Gasteiger partial charge in [0.15, 0.2) is 0 Å². The van der Waals surface area contributed by atoms with Crippen molar-refractivity contribution < 1.29 is 13.5 Å². The minimum absolute atomic E-state index is 0.230. The normalized spacial score (nSPS) is 14.8. The average Bonchev–Trinajstić information content (AvgIpc) is 2.24. The van der Waals surface area contributed by atoms with Gasteiger partial charge in [0.1, 0.15) is 11.6 Å². The predicted molar refractivity (Wildman–Crippen MR) is 57.5 cm³/mol. The van der Waals surface area contributed by atoms with E-state index < -0.39 is 17.7 Å². The van der Waals surface area contributed by atoms with Crippen LogP contribution in [0, 0.1) is 11.6 Å². The van der Waals surface area contributed by atoms with Crippen molar-refractivity contribution in [3.8, 4) is 0 Å². The molecule has 3 N–H and O–H groups in total. The monoisotopic (exact) mass is 230 g/mol. The van der Waals surface area contributed by atoms with Crippen LogP contribution in [-0.4, -0.2) is 13.2 Å². The van der Waals surface area contributed by atoms with Gasteiger partial charge in [-0.25, -0.2) is 8.78 Å². The van der Waals surface area contributed by atoms with E-state index in [0.717, 1.165) is 6.07 Å². The van der Waals surface area contributed by atoms with Crippen molar-refractivity contribution in [2.45, 2.75) is 25.5 Å². The Balaban J connectivity index is 3.02. The van der Waals surface area contributed by atoms with E-state index in [1.807, 2.05) is 6.92 Å². The highest BCUT2D eigenvalue weighted by atomic mass is 19.1. The van der Waals surface area contributed by atoms with E-state index in [-0.39, 0.29) is 6.10 Å². The van der Waals surface area contributed by atoms with Crippen molar-refractivity contribution in [2.24, 2.45) is 5.84 Å². The van der Waals surface area contributed by atoms with Gasteiger partial charge in [-0.05, 0) is 24.1 Å². The van der Waals surface area contributed by atoms with Crippen molar-refractivity contribution in [2.75, 3.05) is 7.11 Å². The summed E-state index contributed by atoms with van der Waals surface area (Å²) >= 11 is 0. The van der Waals surface area contributed by atoms with Gasteiger partial charge in [0.05, 0.1) is 12.1 Å². The fraction of sp³-hybridized carbons (Fsp3) is 0.455. The Morgan fingerprint density at radius 1 is 1.31 bits per heavy atom. The van der Waals surface area contributed by atoms with E-state index in [9.17, 15) is 8.78 Å². The van der Waals surface area contributed by atoms with Crippen molar-refractivity contribution in [1.29, 1.82) is 0 Å². The highest BCUT2D eigenvalue weighted by molar-refractivity contribution is 5.22. The molecule has 0 fully saturated rings. The molecule has 0 bridgehead atoms. The van der Waals surface area contributed by atoms with Crippen molar-refractivity contribution in [1.82, 2.24) is 5.43 Å². The minimum atomic E-state index is -0.624. The van der Waals surface area contributed by atoms with Gasteiger partial charge in [-0.2, -0.15) is 0 Å². The first kappa shape index (κ1) is 13.0. The van der Waals surface area contributed by atoms with Crippen LogP contribution < -0.4 is 11.3 Å². The zero-order valence-corrected chi connectivity index (χ0v) is 9.34. The number of ether oxygens (including phenoxy) is 1. The predicted octanol–water partition coefficient (Wildman–Crippen LogP) is 1.89. The Bertz CT molecular complexity index is 323. The van der Waals surface area contributed by atoms with Crippen LogP contribution in [0.15, 0.2) is 18.2 Å². The van der Waals surface area contributed by atoms with Crippen LogP contribution in [0.1, 0.15) is 24.9 Å². The fourth-order valence-corrected chi connectivity index (χ4v) is 1.71. The van der Waals surface area contributed by atoms with Crippen LogP contribution in [0.5, 0.6) is 0 Å². The summed E-state index contributed by atoms with van der Waals surface area (Å²) < 4.78 is 31.3. The highest BCUT2D eigenvalue weighted by Gasteiger charge is 2.21. The maximum absolute atomic E-state index is 13.0. The molecule has 0 aliphatic heterocycles. The lowest BCUT2D eigenvalue weighted by Gasteiger charge is -2.24.